The van der Waals surface area contributed by atoms with Gasteiger partial charge in [0.1, 0.15) is 11.6 Å². The van der Waals surface area contributed by atoms with Crippen molar-refractivity contribution in [3.05, 3.63) is 64.4 Å². The second kappa shape index (κ2) is 8.52. The molecule has 138 valence electrons. The van der Waals surface area contributed by atoms with Crippen molar-refractivity contribution >= 4 is 17.5 Å². The predicted molar refractivity (Wildman–Crippen MR) is 100 cm³/mol. The van der Waals surface area contributed by atoms with E-state index in [2.05, 4.69) is 10.2 Å². The fraction of sp³-hybridized carbons (Fsp3) is 0.350. The monoisotopic (exact) mass is 376 g/mol. The molecule has 0 bridgehead atoms. The van der Waals surface area contributed by atoms with Gasteiger partial charge in [0.15, 0.2) is 0 Å². The number of piperidine rings is 1. The zero-order valence-corrected chi connectivity index (χ0v) is 15.4. The lowest BCUT2D eigenvalue weighted by Gasteiger charge is -2.32. The summed E-state index contributed by atoms with van der Waals surface area (Å²) >= 11 is 5.92. The molecule has 0 atom stereocenters. The minimum absolute atomic E-state index is 0.0805. The molecular formula is C20H22ClFN2O2. The van der Waals surface area contributed by atoms with Crippen molar-refractivity contribution in [3.63, 3.8) is 0 Å². The molecule has 1 saturated heterocycles. The minimum Gasteiger partial charge on any atom is -0.496 e. The third-order valence-electron chi connectivity index (χ3n) is 4.65. The number of benzene rings is 2. The molecule has 3 rings (SSSR count). The van der Waals surface area contributed by atoms with Gasteiger partial charge in [0, 0.05) is 30.7 Å². The number of nitrogens with zero attached hydrogens (tertiary/aromatic N) is 1. The van der Waals surface area contributed by atoms with Crippen LogP contribution >= 0.6 is 11.6 Å². The van der Waals surface area contributed by atoms with Gasteiger partial charge in [0.05, 0.1) is 12.7 Å². The molecule has 26 heavy (non-hydrogen) atoms. The molecular weight excluding hydrogens is 355 g/mol. The van der Waals surface area contributed by atoms with E-state index in [1.54, 1.807) is 0 Å². The van der Waals surface area contributed by atoms with E-state index >= 15 is 0 Å². The summed E-state index contributed by atoms with van der Waals surface area (Å²) in [6.07, 6.45) is 1.72. The van der Waals surface area contributed by atoms with Gasteiger partial charge in [-0.2, -0.15) is 0 Å². The van der Waals surface area contributed by atoms with Crippen molar-refractivity contribution in [2.75, 3.05) is 20.2 Å². The van der Waals surface area contributed by atoms with Crippen LogP contribution in [0.3, 0.4) is 0 Å². The van der Waals surface area contributed by atoms with E-state index < -0.39 is 5.82 Å². The average molecular weight is 377 g/mol. The molecule has 1 fully saturated rings. The Hall–Kier alpha value is -2.11. The van der Waals surface area contributed by atoms with Crippen LogP contribution in [0.15, 0.2) is 42.5 Å². The normalized spacial score (nSPS) is 15.7. The summed E-state index contributed by atoms with van der Waals surface area (Å²) in [5, 5.41) is 3.74. The maximum Gasteiger partial charge on any atom is 0.255 e. The second-order valence-corrected chi connectivity index (χ2v) is 6.93. The maximum atomic E-state index is 13.5. The van der Waals surface area contributed by atoms with E-state index in [4.69, 9.17) is 16.3 Å². The minimum atomic E-state index is -0.450. The Kier molecular flexibility index (Phi) is 6.12. The second-order valence-electron chi connectivity index (χ2n) is 6.49. The van der Waals surface area contributed by atoms with Crippen molar-refractivity contribution in [1.29, 1.82) is 0 Å². The van der Waals surface area contributed by atoms with Crippen LogP contribution in [-0.2, 0) is 6.54 Å². The van der Waals surface area contributed by atoms with Gasteiger partial charge in [-0.3, -0.25) is 9.69 Å². The molecule has 1 aliphatic heterocycles. The van der Waals surface area contributed by atoms with Crippen molar-refractivity contribution < 1.29 is 13.9 Å². The van der Waals surface area contributed by atoms with Crippen molar-refractivity contribution in [3.8, 4) is 5.75 Å². The topological polar surface area (TPSA) is 41.6 Å². The molecule has 0 radical (unpaired) electrons. The highest BCUT2D eigenvalue weighted by atomic mass is 35.5. The van der Waals surface area contributed by atoms with Crippen LogP contribution in [0.1, 0.15) is 28.8 Å². The van der Waals surface area contributed by atoms with Crippen molar-refractivity contribution in [2.45, 2.75) is 25.4 Å². The van der Waals surface area contributed by atoms with Gasteiger partial charge in [-0.05, 0) is 48.7 Å². The fourth-order valence-electron chi connectivity index (χ4n) is 3.20. The Bertz CT molecular complexity index is 759. The van der Waals surface area contributed by atoms with Crippen LogP contribution in [0.2, 0.25) is 5.02 Å². The molecule has 2 aromatic rings. The highest BCUT2D eigenvalue weighted by molar-refractivity contribution is 6.30. The number of methoxy groups -OCH3 is 1. The Morgan fingerprint density at radius 1 is 1.23 bits per heavy atom. The number of amides is 1. The van der Waals surface area contributed by atoms with Crippen LogP contribution < -0.4 is 10.1 Å². The summed E-state index contributed by atoms with van der Waals surface area (Å²) in [6, 6.07) is 11.9. The first-order valence-corrected chi connectivity index (χ1v) is 9.04. The summed E-state index contributed by atoms with van der Waals surface area (Å²) in [4.78, 5) is 14.8. The number of hydrogen-bond donors (Lipinski definition) is 1. The van der Waals surface area contributed by atoms with Gasteiger partial charge in [0.2, 0.25) is 0 Å². The lowest BCUT2D eigenvalue weighted by Crippen LogP contribution is -2.44. The molecule has 1 amide bonds. The smallest absolute Gasteiger partial charge is 0.255 e. The molecule has 0 spiro atoms. The third kappa shape index (κ3) is 4.74. The Morgan fingerprint density at radius 2 is 1.92 bits per heavy atom. The van der Waals surface area contributed by atoms with Crippen LogP contribution in [0, 0.1) is 5.82 Å². The van der Waals surface area contributed by atoms with E-state index in [-0.39, 0.29) is 17.5 Å². The van der Waals surface area contributed by atoms with Crippen molar-refractivity contribution in [2.24, 2.45) is 0 Å². The molecule has 6 heteroatoms. The molecule has 0 unspecified atom stereocenters. The first-order valence-electron chi connectivity index (χ1n) is 8.66. The number of carbonyl (C=O) groups is 1. The standard InChI is InChI=1S/C20H22ClFN2O2/c1-26-19-7-6-16(22)12-18(19)20(25)23-17-8-10-24(11-9-17)13-14-2-4-15(21)5-3-14/h2-7,12,17H,8-11,13H2,1H3,(H,23,25). The van der Waals surface area contributed by atoms with Gasteiger partial charge >= 0.3 is 0 Å². The zero-order valence-electron chi connectivity index (χ0n) is 14.7. The van der Waals surface area contributed by atoms with Gasteiger partial charge in [-0.15, -0.1) is 0 Å². The largest absolute Gasteiger partial charge is 0.496 e. The molecule has 4 nitrogen and oxygen atoms in total. The summed E-state index contributed by atoms with van der Waals surface area (Å²) < 4.78 is 18.6. The highest BCUT2D eigenvalue weighted by Gasteiger charge is 2.22. The lowest BCUT2D eigenvalue weighted by molar-refractivity contribution is 0.0905. The van der Waals surface area contributed by atoms with Crippen LogP contribution in [0.25, 0.3) is 0 Å². The molecule has 0 aliphatic carbocycles. The first kappa shape index (κ1) is 18.7. The molecule has 1 aliphatic rings. The summed E-state index contributed by atoms with van der Waals surface area (Å²) in [5.74, 6) is -0.365. The summed E-state index contributed by atoms with van der Waals surface area (Å²) in [7, 11) is 1.47. The molecule has 0 saturated carbocycles. The number of likely N-dealkylation sites (tertiary alicyclic amines) is 1. The average Bonchev–Trinajstić information content (AvgIpc) is 2.65. The Labute approximate surface area is 157 Å². The molecule has 1 heterocycles. The maximum absolute atomic E-state index is 13.5. The SMILES string of the molecule is COc1ccc(F)cc1C(=O)NC1CCN(Cc2ccc(Cl)cc2)CC1. The quantitative estimate of drug-likeness (QED) is 0.861. The molecule has 0 aromatic heterocycles. The van der Waals surface area contributed by atoms with Crippen LogP contribution in [0.4, 0.5) is 4.39 Å². The number of ether oxygens (including phenoxy) is 1. The number of halogens is 2. The van der Waals surface area contributed by atoms with Gasteiger partial charge in [-0.25, -0.2) is 4.39 Å². The number of carbonyl (C=O) groups excluding carboxylic acids is 1. The van der Waals surface area contributed by atoms with E-state index in [1.807, 2.05) is 24.3 Å². The Morgan fingerprint density at radius 3 is 2.58 bits per heavy atom. The number of rotatable bonds is 5. The lowest BCUT2D eigenvalue weighted by atomic mass is 10.0. The zero-order chi connectivity index (χ0) is 18.5. The highest BCUT2D eigenvalue weighted by Crippen LogP contribution is 2.21. The van der Waals surface area contributed by atoms with Gasteiger partial charge < -0.3 is 10.1 Å². The van der Waals surface area contributed by atoms with Gasteiger partial charge in [0.25, 0.3) is 5.91 Å². The third-order valence-corrected chi connectivity index (χ3v) is 4.90. The van der Waals surface area contributed by atoms with Gasteiger partial charge in [-0.1, -0.05) is 23.7 Å². The van der Waals surface area contributed by atoms with Crippen LogP contribution in [-0.4, -0.2) is 37.0 Å². The van der Waals surface area contributed by atoms with E-state index in [0.29, 0.717) is 5.75 Å². The number of nitrogens with one attached hydrogen (secondary N) is 1. The number of hydrogen-bond acceptors (Lipinski definition) is 3. The first-order chi connectivity index (χ1) is 12.5. The van der Waals surface area contributed by atoms with E-state index in [0.717, 1.165) is 37.5 Å². The van der Waals surface area contributed by atoms with Crippen molar-refractivity contribution in [1.82, 2.24) is 10.2 Å². The molecule has 2 aromatic carbocycles. The van der Waals surface area contributed by atoms with Crippen LogP contribution in [0.5, 0.6) is 5.75 Å². The molecule has 1 N–H and O–H groups in total. The predicted octanol–water partition coefficient (Wildman–Crippen LogP) is 3.88. The Balaban J connectivity index is 1.53. The summed E-state index contributed by atoms with van der Waals surface area (Å²) in [6.45, 7) is 2.66. The fourth-order valence-corrected chi connectivity index (χ4v) is 3.33. The van der Waals surface area contributed by atoms with E-state index in [9.17, 15) is 9.18 Å². The summed E-state index contributed by atoms with van der Waals surface area (Å²) in [5.41, 5.74) is 1.46. The van der Waals surface area contributed by atoms with E-state index in [1.165, 1.54) is 30.9 Å².